The lowest BCUT2D eigenvalue weighted by molar-refractivity contribution is 0.567. The zero-order valence-electron chi connectivity index (χ0n) is 9.78. The monoisotopic (exact) mass is 239 g/mol. The van der Waals surface area contributed by atoms with Gasteiger partial charge in [0, 0.05) is 26.7 Å². The highest BCUT2D eigenvalue weighted by molar-refractivity contribution is 6.34. The van der Waals surface area contributed by atoms with Crippen molar-refractivity contribution in [1.29, 1.82) is 0 Å². The molecule has 0 amide bonds. The average Bonchev–Trinajstić information content (AvgIpc) is 2.25. The van der Waals surface area contributed by atoms with Crippen molar-refractivity contribution in [3.8, 4) is 0 Å². The summed E-state index contributed by atoms with van der Waals surface area (Å²) in [5, 5.41) is 0.813. The summed E-state index contributed by atoms with van der Waals surface area (Å²) in [5.74, 6) is 0. The van der Waals surface area contributed by atoms with Crippen molar-refractivity contribution < 1.29 is 0 Å². The Hall–Kier alpha value is -0.930. The Labute approximate surface area is 102 Å². The van der Waals surface area contributed by atoms with E-state index in [-0.39, 0.29) is 0 Å². The van der Waals surface area contributed by atoms with E-state index in [2.05, 4.69) is 30.0 Å². The summed E-state index contributed by atoms with van der Waals surface area (Å²) < 4.78 is 0. The molecule has 4 heteroatoms. The molecule has 0 aliphatic carbocycles. The van der Waals surface area contributed by atoms with Crippen LogP contribution in [0.5, 0.6) is 0 Å². The van der Waals surface area contributed by atoms with Crippen LogP contribution in [0.4, 0.5) is 11.4 Å². The van der Waals surface area contributed by atoms with Gasteiger partial charge in [0.25, 0.3) is 0 Å². The van der Waals surface area contributed by atoms with E-state index in [0.717, 1.165) is 23.7 Å². The molecule has 2 N–H and O–H groups in total. The summed E-state index contributed by atoms with van der Waals surface area (Å²) in [7, 11) is 4.20. The van der Waals surface area contributed by atoms with Crippen LogP contribution in [0.3, 0.4) is 0 Å². The molecule has 0 saturated heterocycles. The van der Waals surface area contributed by atoms with Gasteiger partial charge in [-0.05, 0) is 25.1 Å². The van der Waals surface area contributed by atoms with E-state index in [4.69, 9.17) is 17.3 Å². The zero-order valence-corrected chi connectivity index (χ0v) is 10.5. The molecule has 1 aliphatic rings. The Kier molecular flexibility index (Phi) is 3.26. The highest BCUT2D eigenvalue weighted by atomic mass is 35.5. The molecule has 0 saturated carbocycles. The van der Waals surface area contributed by atoms with Crippen LogP contribution in [0, 0.1) is 0 Å². The van der Waals surface area contributed by atoms with Gasteiger partial charge in [0.2, 0.25) is 0 Å². The molecule has 16 heavy (non-hydrogen) atoms. The number of halogens is 1. The predicted octanol–water partition coefficient (Wildman–Crippen LogP) is 1.94. The van der Waals surface area contributed by atoms with E-state index in [1.165, 1.54) is 5.69 Å². The van der Waals surface area contributed by atoms with E-state index >= 15 is 0 Å². The number of fused-ring (bicyclic) bond motifs is 1. The van der Waals surface area contributed by atoms with Gasteiger partial charge >= 0.3 is 0 Å². The molecule has 0 fully saturated rings. The summed E-state index contributed by atoms with van der Waals surface area (Å²) >= 11 is 6.27. The van der Waals surface area contributed by atoms with Gasteiger partial charge < -0.3 is 15.5 Å². The second-order valence-electron chi connectivity index (χ2n) is 4.33. The smallest absolute Gasteiger partial charge is 0.0793 e. The van der Waals surface area contributed by atoms with Crippen LogP contribution in [-0.2, 0) is 0 Å². The van der Waals surface area contributed by atoms with Gasteiger partial charge in [-0.25, -0.2) is 0 Å². The Morgan fingerprint density at radius 1 is 1.44 bits per heavy atom. The van der Waals surface area contributed by atoms with Crippen molar-refractivity contribution in [2.75, 3.05) is 37.0 Å². The third kappa shape index (κ3) is 1.85. The molecule has 0 radical (unpaired) electrons. The molecular weight excluding hydrogens is 222 g/mol. The number of rotatable bonds is 2. The van der Waals surface area contributed by atoms with Gasteiger partial charge in [-0.1, -0.05) is 17.7 Å². The minimum atomic E-state index is 0.447. The molecule has 1 heterocycles. The first-order valence-corrected chi connectivity index (χ1v) is 5.95. The first-order chi connectivity index (χ1) is 7.65. The van der Waals surface area contributed by atoms with Crippen LogP contribution in [0.2, 0.25) is 5.02 Å². The van der Waals surface area contributed by atoms with Gasteiger partial charge in [0.15, 0.2) is 0 Å². The van der Waals surface area contributed by atoms with Crippen LogP contribution in [0.15, 0.2) is 18.2 Å². The normalized spacial score (nSPS) is 19.9. The van der Waals surface area contributed by atoms with Crippen molar-refractivity contribution in [3.05, 3.63) is 23.2 Å². The van der Waals surface area contributed by atoms with Crippen molar-refractivity contribution in [3.63, 3.8) is 0 Å². The SMILES string of the molecule is CN1CC(CCN)N(C)c2c(Cl)cccc21. The molecule has 1 aromatic carbocycles. The van der Waals surface area contributed by atoms with Gasteiger partial charge in [-0.3, -0.25) is 0 Å². The standard InChI is InChI=1S/C12H18ClN3/c1-15-8-9(6-7-14)16(2)12-10(13)4-3-5-11(12)15/h3-5,9H,6-8,14H2,1-2H3. The molecule has 0 aromatic heterocycles. The fraction of sp³-hybridized carbons (Fsp3) is 0.500. The fourth-order valence-electron chi connectivity index (χ4n) is 2.36. The quantitative estimate of drug-likeness (QED) is 0.856. The highest BCUT2D eigenvalue weighted by Crippen LogP contribution is 2.39. The van der Waals surface area contributed by atoms with Crippen LogP contribution in [-0.4, -0.2) is 33.2 Å². The lowest BCUT2D eigenvalue weighted by atomic mass is 10.1. The molecule has 2 rings (SSSR count). The second-order valence-corrected chi connectivity index (χ2v) is 4.74. The van der Waals surface area contributed by atoms with E-state index in [1.807, 2.05) is 12.1 Å². The Morgan fingerprint density at radius 3 is 2.88 bits per heavy atom. The molecule has 0 bridgehead atoms. The van der Waals surface area contributed by atoms with Crippen molar-refractivity contribution in [2.45, 2.75) is 12.5 Å². The number of hydrogen-bond acceptors (Lipinski definition) is 3. The van der Waals surface area contributed by atoms with Gasteiger partial charge in [-0.2, -0.15) is 0 Å². The number of para-hydroxylation sites is 1. The fourth-order valence-corrected chi connectivity index (χ4v) is 2.66. The minimum Gasteiger partial charge on any atom is -0.371 e. The molecule has 1 atom stereocenters. The van der Waals surface area contributed by atoms with E-state index in [1.54, 1.807) is 0 Å². The molecular formula is C12H18ClN3. The number of anilines is 2. The highest BCUT2D eigenvalue weighted by Gasteiger charge is 2.27. The van der Waals surface area contributed by atoms with Crippen molar-refractivity contribution in [1.82, 2.24) is 0 Å². The van der Waals surface area contributed by atoms with Gasteiger partial charge in [-0.15, -0.1) is 0 Å². The maximum atomic E-state index is 6.27. The first-order valence-electron chi connectivity index (χ1n) is 5.57. The van der Waals surface area contributed by atoms with Gasteiger partial charge in [0.05, 0.1) is 16.4 Å². The largest absolute Gasteiger partial charge is 0.371 e. The van der Waals surface area contributed by atoms with Crippen molar-refractivity contribution in [2.24, 2.45) is 5.73 Å². The van der Waals surface area contributed by atoms with Crippen LogP contribution < -0.4 is 15.5 Å². The molecule has 1 aliphatic heterocycles. The van der Waals surface area contributed by atoms with E-state index in [9.17, 15) is 0 Å². The third-order valence-electron chi connectivity index (χ3n) is 3.26. The average molecular weight is 240 g/mol. The number of hydrogen-bond donors (Lipinski definition) is 1. The lowest BCUT2D eigenvalue weighted by Crippen LogP contribution is -2.46. The second kappa shape index (κ2) is 4.52. The Balaban J connectivity index is 2.40. The summed E-state index contributed by atoms with van der Waals surface area (Å²) in [6.07, 6.45) is 0.992. The maximum absolute atomic E-state index is 6.27. The molecule has 88 valence electrons. The molecule has 1 unspecified atom stereocenters. The van der Waals surface area contributed by atoms with E-state index in [0.29, 0.717) is 12.6 Å². The summed E-state index contributed by atoms with van der Waals surface area (Å²) in [4.78, 5) is 4.51. The van der Waals surface area contributed by atoms with Crippen molar-refractivity contribution >= 4 is 23.0 Å². The zero-order chi connectivity index (χ0) is 11.7. The van der Waals surface area contributed by atoms with Crippen LogP contribution in [0.1, 0.15) is 6.42 Å². The summed E-state index contributed by atoms with van der Waals surface area (Å²) in [5.41, 5.74) is 7.97. The summed E-state index contributed by atoms with van der Waals surface area (Å²) in [6, 6.07) is 6.49. The predicted molar refractivity (Wildman–Crippen MR) is 70.6 cm³/mol. The Bertz CT molecular complexity index is 381. The minimum absolute atomic E-state index is 0.447. The molecule has 3 nitrogen and oxygen atoms in total. The topological polar surface area (TPSA) is 32.5 Å². The third-order valence-corrected chi connectivity index (χ3v) is 3.57. The first kappa shape index (κ1) is 11.6. The number of likely N-dealkylation sites (N-methyl/N-ethyl adjacent to an activating group) is 2. The van der Waals surface area contributed by atoms with Gasteiger partial charge in [0.1, 0.15) is 0 Å². The molecule has 0 spiro atoms. The number of benzene rings is 1. The number of nitrogens with zero attached hydrogens (tertiary/aromatic N) is 2. The lowest BCUT2D eigenvalue weighted by Gasteiger charge is -2.41. The van der Waals surface area contributed by atoms with Crippen LogP contribution in [0.25, 0.3) is 0 Å². The number of nitrogens with two attached hydrogens (primary N) is 1. The maximum Gasteiger partial charge on any atom is 0.0793 e. The van der Waals surface area contributed by atoms with E-state index < -0.39 is 0 Å². The van der Waals surface area contributed by atoms with Crippen LogP contribution >= 0.6 is 11.6 Å². The molecule has 1 aromatic rings. The Morgan fingerprint density at radius 2 is 2.19 bits per heavy atom. The summed E-state index contributed by atoms with van der Waals surface area (Å²) in [6.45, 7) is 1.71.